The molecule has 0 atom stereocenters. The van der Waals surface area contributed by atoms with Gasteiger partial charge in [-0.25, -0.2) is 0 Å². The van der Waals surface area contributed by atoms with E-state index in [0.29, 0.717) is 12.1 Å². The van der Waals surface area contributed by atoms with E-state index in [2.05, 4.69) is 31.1 Å². The van der Waals surface area contributed by atoms with Crippen molar-refractivity contribution < 1.29 is 9.53 Å². The Hall–Kier alpha value is -2.75. The van der Waals surface area contributed by atoms with Gasteiger partial charge in [0.15, 0.2) is 0 Å². The summed E-state index contributed by atoms with van der Waals surface area (Å²) >= 11 is 0. The van der Waals surface area contributed by atoms with E-state index >= 15 is 0 Å². The van der Waals surface area contributed by atoms with Gasteiger partial charge in [-0.15, -0.1) is 0 Å². The van der Waals surface area contributed by atoms with Gasteiger partial charge in [0.1, 0.15) is 5.75 Å². The summed E-state index contributed by atoms with van der Waals surface area (Å²) in [7, 11) is 1.67. The molecule has 3 aromatic rings. The van der Waals surface area contributed by atoms with Crippen molar-refractivity contribution in [1.29, 1.82) is 0 Å². The van der Waals surface area contributed by atoms with Crippen LogP contribution in [0.1, 0.15) is 42.3 Å². The van der Waals surface area contributed by atoms with Gasteiger partial charge in [0.2, 0.25) is 0 Å². The SMILES string of the molecule is COc1ccc2[nH]cc(CCNC(=O)c3ccc(C(C)(C)C)cc3)c2c1. The highest BCUT2D eigenvalue weighted by atomic mass is 16.5. The highest BCUT2D eigenvalue weighted by Crippen LogP contribution is 2.24. The summed E-state index contributed by atoms with van der Waals surface area (Å²) in [5.74, 6) is 0.796. The number of rotatable bonds is 5. The van der Waals surface area contributed by atoms with Crippen molar-refractivity contribution in [3.05, 3.63) is 65.4 Å². The molecule has 26 heavy (non-hydrogen) atoms. The first kappa shape index (κ1) is 18.1. The molecule has 0 fully saturated rings. The maximum absolute atomic E-state index is 12.4. The van der Waals surface area contributed by atoms with Crippen molar-refractivity contribution in [2.24, 2.45) is 0 Å². The summed E-state index contributed by atoms with van der Waals surface area (Å²) in [4.78, 5) is 15.6. The third-order valence-corrected chi connectivity index (χ3v) is 4.67. The van der Waals surface area contributed by atoms with Crippen LogP contribution >= 0.6 is 0 Å². The monoisotopic (exact) mass is 350 g/mol. The van der Waals surface area contributed by atoms with Crippen molar-refractivity contribution in [2.45, 2.75) is 32.6 Å². The fraction of sp³-hybridized carbons (Fsp3) is 0.318. The summed E-state index contributed by atoms with van der Waals surface area (Å²) < 4.78 is 5.30. The third-order valence-electron chi connectivity index (χ3n) is 4.67. The number of hydrogen-bond acceptors (Lipinski definition) is 2. The number of carbonyl (C=O) groups excluding carboxylic acids is 1. The number of nitrogens with one attached hydrogen (secondary N) is 2. The van der Waals surface area contributed by atoms with Crippen LogP contribution in [0.5, 0.6) is 5.75 Å². The topological polar surface area (TPSA) is 54.1 Å². The number of carbonyl (C=O) groups is 1. The lowest BCUT2D eigenvalue weighted by Gasteiger charge is -2.19. The zero-order chi connectivity index (χ0) is 18.7. The van der Waals surface area contributed by atoms with Crippen molar-refractivity contribution >= 4 is 16.8 Å². The highest BCUT2D eigenvalue weighted by molar-refractivity contribution is 5.94. The Labute approximate surface area is 154 Å². The van der Waals surface area contributed by atoms with Gasteiger partial charge < -0.3 is 15.0 Å². The first-order valence-corrected chi connectivity index (χ1v) is 8.91. The van der Waals surface area contributed by atoms with Gasteiger partial charge >= 0.3 is 0 Å². The van der Waals surface area contributed by atoms with Crippen molar-refractivity contribution in [2.75, 3.05) is 13.7 Å². The molecular formula is C22H26N2O2. The molecule has 0 spiro atoms. The Morgan fingerprint density at radius 3 is 2.50 bits per heavy atom. The van der Waals surface area contributed by atoms with Crippen LogP contribution in [0.4, 0.5) is 0 Å². The summed E-state index contributed by atoms with van der Waals surface area (Å²) in [6, 6.07) is 13.8. The number of aromatic amines is 1. The molecule has 0 aliphatic rings. The van der Waals surface area contributed by atoms with Gasteiger partial charge in [-0.2, -0.15) is 0 Å². The molecule has 0 saturated carbocycles. The summed E-state index contributed by atoms with van der Waals surface area (Å²) in [6.07, 6.45) is 2.76. The van der Waals surface area contributed by atoms with Crippen LogP contribution in [-0.2, 0) is 11.8 Å². The van der Waals surface area contributed by atoms with Crippen molar-refractivity contribution in [3.8, 4) is 5.75 Å². The molecular weight excluding hydrogens is 324 g/mol. The smallest absolute Gasteiger partial charge is 0.251 e. The number of aromatic nitrogens is 1. The average Bonchev–Trinajstić information content (AvgIpc) is 3.03. The Kier molecular flexibility index (Phi) is 5.03. The highest BCUT2D eigenvalue weighted by Gasteiger charge is 2.14. The van der Waals surface area contributed by atoms with Crippen LogP contribution in [0.3, 0.4) is 0 Å². The normalized spacial score (nSPS) is 11.5. The molecule has 0 saturated heterocycles. The number of fused-ring (bicyclic) bond motifs is 1. The second-order valence-corrected chi connectivity index (χ2v) is 7.56. The molecule has 0 unspecified atom stereocenters. The fourth-order valence-corrected chi connectivity index (χ4v) is 3.03. The molecule has 2 aromatic carbocycles. The van der Waals surface area contributed by atoms with Crippen LogP contribution in [0.15, 0.2) is 48.7 Å². The third kappa shape index (κ3) is 3.90. The van der Waals surface area contributed by atoms with Gasteiger partial charge in [0.05, 0.1) is 7.11 Å². The van der Waals surface area contributed by atoms with Crippen LogP contribution in [-0.4, -0.2) is 24.5 Å². The number of ether oxygens (including phenoxy) is 1. The largest absolute Gasteiger partial charge is 0.497 e. The number of hydrogen-bond donors (Lipinski definition) is 2. The Bertz CT molecular complexity index is 902. The molecule has 0 bridgehead atoms. The van der Waals surface area contributed by atoms with Crippen molar-refractivity contribution in [3.63, 3.8) is 0 Å². The predicted molar refractivity (Wildman–Crippen MR) is 106 cm³/mol. The van der Waals surface area contributed by atoms with Gasteiger partial charge in [-0.05, 0) is 53.3 Å². The van der Waals surface area contributed by atoms with Crippen LogP contribution in [0.2, 0.25) is 0 Å². The van der Waals surface area contributed by atoms with E-state index in [0.717, 1.165) is 23.1 Å². The van der Waals surface area contributed by atoms with E-state index in [-0.39, 0.29) is 11.3 Å². The second kappa shape index (κ2) is 7.24. The lowest BCUT2D eigenvalue weighted by molar-refractivity contribution is 0.0954. The van der Waals surface area contributed by atoms with Gasteiger partial charge in [0, 0.05) is 29.2 Å². The van der Waals surface area contributed by atoms with E-state index in [1.54, 1.807) is 7.11 Å². The maximum atomic E-state index is 12.4. The van der Waals surface area contributed by atoms with E-state index in [1.165, 1.54) is 11.1 Å². The minimum absolute atomic E-state index is 0.0390. The number of amides is 1. The second-order valence-electron chi connectivity index (χ2n) is 7.56. The molecule has 3 rings (SSSR count). The molecule has 4 heteroatoms. The number of H-pyrrole nitrogens is 1. The lowest BCUT2D eigenvalue weighted by atomic mass is 9.87. The number of methoxy groups -OCH3 is 1. The maximum Gasteiger partial charge on any atom is 0.251 e. The molecule has 0 radical (unpaired) electrons. The van der Waals surface area contributed by atoms with Gasteiger partial charge in [-0.1, -0.05) is 32.9 Å². The molecule has 2 N–H and O–H groups in total. The fourth-order valence-electron chi connectivity index (χ4n) is 3.03. The first-order chi connectivity index (χ1) is 12.4. The van der Waals surface area contributed by atoms with Gasteiger partial charge in [-0.3, -0.25) is 4.79 Å². The van der Waals surface area contributed by atoms with E-state index in [4.69, 9.17) is 4.74 Å². The average molecular weight is 350 g/mol. The molecule has 1 heterocycles. The Morgan fingerprint density at radius 2 is 1.85 bits per heavy atom. The minimum atomic E-state index is -0.0390. The van der Waals surface area contributed by atoms with Crippen molar-refractivity contribution in [1.82, 2.24) is 10.3 Å². The van der Waals surface area contributed by atoms with Gasteiger partial charge in [0.25, 0.3) is 5.91 Å². The predicted octanol–water partition coefficient (Wildman–Crippen LogP) is 4.45. The standard InChI is InChI=1S/C22H26N2O2/c1-22(2,3)17-7-5-15(6-8-17)21(25)23-12-11-16-14-24-20-10-9-18(26-4)13-19(16)20/h5-10,13-14,24H,11-12H2,1-4H3,(H,23,25). The lowest BCUT2D eigenvalue weighted by Crippen LogP contribution is -2.25. The Balaban J connectivity index is 1.62. The summed E-state index contributed by atoms with van der Waals surface area (Å²) in [6.45, 7) is 7.08. The molecule has 4 nitrogen and oxygen atoms in total. The zero-order valence-corrected chi connectivity index (χ0v) is 15.8. The minimum Gasteiger partial charge on any atom is -0.497 e. The van der Waals surface area contributed by atoms with E-state index < -0.39 is 0 Å². The number of benzene rings is 2. The molecule has 1 amide bonds. The van der Waals surface area contributed by atoms with E-state index in [9.17, 15) is 4.79 Å². The first-order valence-electron chi connectivity index (χ1n) is 8.91. The molecule has 136 valence electrons. The molecule has 1 aromatic heterocycles. The van der Waals surface area contributed by atoms with Crippen LogP contribution in [0.25, 0.3) is 10.9 Å². The Morgan fingerprint density at radius 1 is 1.12 bits per heavy atom. The molecule has 0 aliphatic heterocycles. The quantitative estimate of drug-likeness (QED) is 0.714. The van der Waals surface area contributed by atoms with Crippen LogP contribution in [0, 0.1) is 0 Å². The zero-order valence-electron chi connectivity index (χ0n) is 15.8. The van der Waals surface area contributed by atoms with E-state index in [1.807, 2.05) is 48.7 Å². The summed E-state index contributed by atoms with van der Waals surface area (Å²) in [5.41, 5.74) is 4.25. The van der Waals surface area contributed by atoms with Crippen LogP contribution < -0.4 is 10.1 Å². The summed E-state index contributed by atoms with van der Waals surface area (Å²) in [5, 5.41) is 4.14. The molecule has 0 aliphatic carbocycles.